The lowest BCUT2D eigenvalue weighted by molar-refractivity contribution is -0.138. The van der Waals surface area contributed by atoms with Gasteiger partial charge in [-0.3, -0.25) is 4.79 Å². The molecule has 0 rings (SSSR count). The highest BCUT2D eigenvalue weighted by atomic mass is 32.2. The van der Waals surface area contributed by atoms with Gasteiger partial charge in [0.2, 0.25) is 0 Å². The number of alkyl halides is 3. The summed E-state index contributed by atoms with van der Waals surface area (Å²) in [6, 6.07) is -1.34. The number of nitrogens with one attached hydrogen (secondary N) is 1. The molecule has 0 heterocycles. The van der Waals surface area contributed by atoms with Crippen LogP contribution in [-0.4, -0.2) is 31.0 Å². The molecule has 0 saturated heterocycles. The van der Waals surface area contributed by atoms with Gasteiger partial charge in [0.05, 0.1) is 6.42 Å². The molecule has 9 heteroatoms. The van der Waals surface area contributed by atoms with Gasteiger partial charge < -0.3 is 5.11 Å². The van der Waals surface area contributed by atoms with Crippen LogP contribution in [0.15, 0.2) is 0 Å². The van der Waals surface area contributed by atoms with E-state index in [2.05, 4.69) is 0 Å². The van der Waals surface area contributed by atoms with Crippen molar-refractivity contribution in [2.24, 2.45) is 5.41 Å². The Balaban J connectivity index is 5.09. The summed E-state index contributed by atoms with van der Waals surface area (Å²) in [6.45, 7) is 4.33. The van der Waals surface area contributed by atoms with Crippen molar-refractivity contribution in [3.05, 3.63) is 0 Å². The van der Waals surface area contributed by atoms with E-state index < -0.39 is 39.4 Å². The third-order valence-electron chi connectivity index (χ3n) is 2.03. The van der Waals surface area contributed by atoms with Crippen LogP contribution >= 0.6 is 0 Å². The molecule has 17 heavy (non-hydrogen) atoms. The third-order valence-corrected chi connectivity index (χ3v) is 3.23. The Morgan fingerprint density at radius 3 is 1.94 bits per heavy atom. The zero-order chi connectivity index (χ0) is 14.1. The van der Waals surface area contributed by atoms with E-state index in [0.29, 0.717) is 0 Å². The molecular weight excluding hydrogens is 263 g/mol. The van der Waals surface area contributed by atoms with Crippen molar-refractivity contribution in [3.63, 3.8) is 0 Å². The summed E-state index contributed by atoms with van der Waals surface area (Å²) in [4.78, 5) is 10.5. The molecule has 0 bridgehead atoms. The zero-order valence-corrected chi connectivity index (χ0v) is 10.3. The Morgan fingerprint density at radius 2 is 1.71 bits per heavy atom. The van der Waals surface area contributed by atoms with Crippen molar-refractivity contribution in [3.8, 4) is 0 Å². The summed E-state index contributed by atoms with van der Waals surface area (Å²) < 4.78 is 59.5. The van der Waals surface area contributed by atoms with Gasteiger partial charge >= 0.3 is 21.5 Å². The number of sulfonamides is 1. The number of carbonyl (C=O) groups is 1. The van der Waals surface area contributed by atoms with Gasteiger partial charge in [0.15, 0.2) is 0 Å². The fraction of sp³-hybridized carbons (Fsp3) is 0.875. The Bertz CT molecular complexity index is 383. The van der Waals surface area contributed by atoms with E-state index in [9.17, 15) is 26.4 Å². The number of carboxylic acid groups (broad SMARTS) is 1. The minimum Gasteiger partial charge on any atom is -0.481 e. The number of hydrogen-bond donors (Lipinski definition) is 2. The molecule has 0 aromatic heterocycles. The number of rotatable bonds is 4. The van der Waals surface area contributed by atoms with E-state index in [1.54, 1.807) is 0 Å². The smallest absolute Gasteiger partial charge is 0.481 e. The van der Waals surface area contributed by atoms with Gasteiger partial charge in [-0.2, -0.15) is 13.2 Å². The Morgan fingerprint density at radius 1 is 1.29 bits per heavy atom. The average molecular weight is 277 g/mol. The molecule has 0 aliphatic carbocycles. The monoisotopic (exact) mass is 277 g/mol. The SMILES string of the molecule is CC(C)(C)C(CC(=O)O)NS(=O)(=O)C(F)(F)F. The molecule has 0 radical (unpaired) electrons. The van der Waals surface area contributed by atoms with Crippen LogP contribution in [0.4, 0.5) is 13.2 Å². The van der Waals surface area contributed by atoms with E-state index in [4.69, 9.17) is 5.11 Å². The molecule has 0 fully saturated rings. The summed E-state index contributed by atoms with van der Waals surface area (Å²) in [7, 11) is -5.54. The Hall–Kier alpha value is -0.830. The second-order valence-corrected chi connectivity index (χ2v) is 6.29. The van der Waals surface area contributed by atoms with E-state index in [-0.39, 0.29) is 0 Å². The zero-order valence-electron chi connectivity index (χ0n) is 9.50. The van der Waals surface area contributed by atoms with Crippen LogP contribution < -0.4 is 4.72 Å². The average Bonchev–Trinajstić information content (AvgIpc) is 1.97. The van der Waals surface area contributed by atoms with E-state index in [0.717, 1.165) is 0 Å². The molecule has 102 valence electrons. The highest BCUT2D eigenvalue weighted by Gasteiger charge is 2.48. The van der Waals surface area contributed by atoms with Crippen LogP contribution in [0.25, 0.3) is 0 Å². The maximum atomic E-state index is 12.1. The number of halogens is 3. The van der Waals surface area contributed by atoms with Crippen LogP contribution in [0, 0.1) is 5.41 Å². The standard InChI is InChI=1S/C8H14F3NO4S/c1-7(2,3)5(4-6(13)14)12-17(15,16)8(9,10)11/h5,12H,4H2,1-3H3,(H,13,14). The Kier molecular flexibility index (Phi) is 4.57. The van der Waals surface area contributed by atoms with Gasteiger partial charge in [-0.1, -0.05) is 20.8 Å². The largest absolute Gasteiger partial charge is 0.511 e. The predicted octanol–water partition coefficient (Wildman–Crippen LogP) is 1.31. The van der Waals surface area contributed by atoms with Crippen LogP contribution in [-0.2, 0) is 14.8 Å². The summed E-state index contributed by atoms with van der Waals surface area (Å²) in [5.74, 6) is -1.38. The lowest BCUT2D eigenvalue weighted by Gasteiger charge is -2.30. The highest BCUT2D eigenvalue weighted by molar-refractivity contribution is 7.90. The highest BCUT2D eigenvalue weighted by Crippen LogP contribution is 2.27. The lowest BCUT2D eigenvalue weighted by atomic mass is 9.85. The molecule has 0 aromatic carbocycles. The molecule has 0 aliphatic heterocycles. The number of aliphatic carboxylic acids is 1. The first-order valence-corrected chi connectivity index (χ1v) is 6.06. The first kappa shape index (κ1) is 16.2. The quantitative estimate of drug-likeness (QED) is 0.811. The van der Waals surface area contributed by atoms with Gasteiger partial charge in [-0.05, 0) is 5.41 Å². The molecule has 0 spiro atoms. The minimum atomic E-state index is -5.54. The van der Waals surface area contributed by atoms with Gasteiger partial charge in [-0.15, -0.1) is 0 Å². The number of hydrogen-bond acceptors (Lipinski definition) is 3. The van der Waals surface area contributed by atoms with Gasteiger partial charge in [0, 0.05) is 6.04 Å². The molecule has 5 nitrogen and oxygen atoms in total. The summed E-state index contributed by atoms with van der Waals surface area (Å²) in [6.07, 6.45) is -0.723. The first-order chi connectivity index (χ1) is 7.27. The summed E-state index contributed by atoms with van der Waals surface area (Å²) in [5.41, 5.74) is -6.40. The van der Waals surface area contributed by atoms with Crippen LogP contribution in [0.2, 0.25) is 0 Å². The topological polar surface area (TPSA) is 83.5 Å². The lowest BCUT2D eigenvalue weighted by Crippen LogP contribution is -2.49. The maximum absolute atomic E-state index is 12.1. The first-order valence-electron chi connectivity index (χ1n) is 4.58. The fourth-order valence-electron chi connectivity index (χ4n) is 0.953. The normalized spacial score (nSPS) is 15.6. The summed E-state index contributed by atoms with van der Waals surface area (Å²) >= 11 is 0. The molecule has 1 atom stereocenters. The van der Waals surface area contributed by atoms with Gasteiger partial charge in [0.1, 0.15) is 0 Å². The van der Waals surface area contributed by atoms with E-state index in [1.165, 1.54) is 25.5 Å². The molecular formula is C8H14F3NO4S. The van der Waals surface area contributed by atoms with Crippen LogP contribution in [0.1, 0.15) is 27.2 Å². The van der Waals surface area contributed by atoms with Crippen molar-refractivity contribution < 1.29 is 31.5 Å². The molecule has 0 saturated carbocycles. The predicted molar refractivity (Wildman–Crippen MR) is 53.6 cm³/mol. The van der Waals surface area contributed by atoms with Crippen molar-refractivity contribution in [1.82, 2.24) is 4.72 Å². The van der Waals surface area contributed by atoms with E-state index >= 15 is 0 Å². The molecule has 0 amide bonds. The van der Waals surface area contributed by atoms with Gasteiger partial charge in [0.25, 0.3) is 0 Å². The van der Waals surface area contributed by atoms with Crippen molar-refractivity contribution in [2.45, 2.75) is 38.7 Å². The maximum Gasteiger partial charge on any atom is 0.511 e. The molecule has 1 unspecified atom stereocenters. The second-order valence-electron chi connectivity index (χ2n) is 4.58. The van der Waals surface area contributed by atoms with Crippen LogP contribution in [0.3, 0.4) is 0 Å². The minimum absolute atomic E-state index is 0.723. The van der Waals surface area contributed by atoms with Crippen LogP contribution in [0.5, 0.6) is 0 Å². The van der Waals surface area contributed by atoms with Crippen molar-refractivity contribution in [1.29, 1.82) is 0 Å². The molecule has 2 N–H and O–H groups in total. The fourth-order valence-corrected chi connectivity index (χ4v) is 1.90. The third kappa shape index (κ3) is 4.90. The van der Waals surface area contributed by atoms with Crippen molar-refractivity contribution >= 4 is 16.0 Å². The van der Waals surface area contributed by atoms with Gasteiger partial charge in [-0.25, -0.2) is 13.1 Å². The molecule has 0 aliphatic rings. The summed E-state index contributed by atoms with van der Waals surface area (Å²) in [5, 5.41) is 8.53. The number of carboxylic acids is 1. The molecule has 0 aromatic rings. The second kappa shape index (κ2) is 4.81. The Labute approximate surface area is 97.1 Å². The van der Waals surface area contributed by atoms with Crippen molar-refractivity contribution in [2.75, 3.05) is 0 Å². The van der Waals surface area contributed by atoms with E-state index in [1.807, 2.05) is 0 Å².